The zero-order chi connectivity index (χ0) is 43.0. The Morgan fingerprint density at radius 1 is 0.871 bits per heavy atom. The van der Waals surface area contributed by atoms with Crippen molar-refractivity contribution in [1.29, 1.82) is 0 Å². The minimum atomic E-state index is -0.716. The zero-order valence-corrected chi connectivity index (χ0v) is 35.8. The molecular formula is C47H54N8O7. The number of nitrogens with one attached hydrogen (secondary N) is 4. The van der Waals surface area contributed by atoms with Crippen LogP contribution in [0, 0.1) is 17.8 Å². The summed E-state index contributed by atoms with van der Waals surface area (Å²) in [5.74, 6) is 2.41. The van der Waals surface area contributed by atoms with Crippen molar-refractivity contribution in [2.24, 2.45) is 17.8 Å². The van der Waals surface area contributed by atoms with E-state index in [9.17, 15) is 19.2 Å². The first-order valence-corrected chi connectivity index (χ1v) is 22.1. The minimum absolute atomic E-state index is 0.0130. The summed E-state index contributed by atoms with van der Waals surface area (Å²) in [5, 5.41) is 7.64. The lowest BCUT2D eigenvalue weighted by molar-refractivity contribution is -0.147. The van der Waals surface area contributed by atoms with Crippen LogP contribution in [0.1, 0.15) is 101 Å². The van der Waals surface area contributed by atoms with Gasteiger partial charge in [-0.15, -0.1) is 0 Å². The highest BCUT2D eigenvalue weighted by atomic mass is 16.5. The van der Waals surface area contributed by atoms with E-state index in [4.69, 9.17) is 24.2 Å². The van der Waals surface area contributed by atoms with Crippen molar-refractivity contribution in [1.82, 2.24) is 40.4 Å². The van der Waals surface area contributed by atoms with E-state index in [2.05, 4.69) is 63.1 Å². The van der Waals surface area contributed by atoms with Gasteiger partial charge in [-0.05, 0) is 110 Å². The molecule has 10 rings (SSSR count). The Morgan fingerprint density at radius 3 is 2.45 bits per heavy atom. The second kappa shape index (κ2) is 15.7. The Kier molecular flexibility index (Phi) is 10.1. The van der Waals surface area contributed by atoms with Gasteiger partial charge in [0.2, 0.25) is 11.8 Å². The summed E-state index contributed by atoms with van der Waals surface area (Å²) in [4.78, 5) is 73.6. The largest absolute Gasteiger partial charge is 0.488 e. The van der Waals surface area contributed by atoms with Crippen molar-refractivity contribution in [3.63, 3.8) is 0 Å². The highest BCUT2D eigenvalue weighted by Gasteiger charge is 2.54. The van der Waals surface area contributed by atoms with Gasteiger partial charge >= 0.3 is 12.2 Å². The van der Waals surface area contributed by atoms with Gasteiger partial charge in [0.15, 0.2) is 0 Å². The molecule has 4 fully saturated rings. The van der Waals surface area contributed by atoms with Crippen molar-refractivity contribution in [2.75, 3.05) is 14.2 Å². The number of hydrogen-bond donors (Lipinski definition) is 4. The second-order valence-corrected chi connectivity index (χ2v) is 18.2. The minimum Gasteiger partial charge on any atom is -0.488 e. The molecule has 2 unspecified atom stereocenters. The number of ether oxygens (including phenoxy) is 3. The van der Waals surface area contributed by atoms with E-state index in [0.717, 1.165) is 113 Å². The lowest BCUT2D eigenvalue weighted by atomic mass is 9.68. The fourth-order valence-corrected chi connectivity index (χ4v) is 11.4. The summed E-state index contributed by atoms with van der Waals surface area (Å²) >= 11 is 0. The average Bonchev–Trinajstić information content (AvgIpc) is 4.11. The number of carbonyl (C=O) groups is 4. The van der Waals surface area contributed by atoms with Gasteiger partial charge in [0.1, 0.15) is 36.1 Å². The van der Waals surface area contributed by atoms with Crippen molar-refractivity contribution in [3.05, 3.63) is 65.9 Å². The quantitative estimate of drug-likeness (QED) is 0.128. The Bertz CT molecular complexity index is 2600. The van der Waals surface area contributed by atoms with Gasteiger partial charge in [-0.2, -0.15) is 0 Å². The molecule has 5 aliphatic rings. The van der Waals surface area contributed by atoms with Crippen LogP contribution in [0.15, 0.2) is 48.7 Å². The first-order chi connectivity index (χ1) is 30.0. The molecule has 1 saturated carbocycles. The number of amides is 4. The molecule has 3 aromatic carbocycles. The van der Waals surface area contributed by atoms with E-state index >= 15 is 0 Å². The Hall–Kier alpha value is -6.12. The summed E-state index contributed by atoms with van der Waals surface area (Å²) in [6.45, 7) is 6.24. The molecule has 0 bridgehead atoms. The van der Waals surface area contributed by atoms with Gasteiger partial charge in [-0.1, -0.05) is 44.9 Å². The van der Waals surface area contributed by atoms with Gasteiger partial charge in [-0.25, -0.2) is 19.6 Å². The topological polar surface area (TPSA) is 184 Å². The molecular weight excluding hydrogens is 789 g/mol. The van der Waals surface area contributed by atoms with Crippen LogP contribution in [-0.4, -0.2) is 92.1 Å². The monoisotopic (exact) mass is 842 g/mol. The average molecular weight is 843 g/mol. The fourth-order valence-electron chi connectivity index (χ4n) is 11.4. The summed E-state index contributed by atoms with van der Waals surface area (Å²) in [7, 11) is 2.64. The molecule has 15 nitrogen and oxygen atoms in total. The summed E-state index contributed by atoms with van der Waals surface area (Å²) < 4.78 is 16.2. The van der Waals surface area contributed by atoms with E-state index in [1.807, 2.05) is 36.8 Å². The molecule has 3 saturated heterocycles. The Balaban J connectivity index is 0.907. The number of imidazole rings is 2. The molecule has 6 heterocycles. The fraction of sp³-hybridized carbons (Fsp3) is 0.489. The van der Waals surface area contributed by atoms with E-state index in [-0.39, 0.29) is 47.8 Å². The number of nitrogens with zero attached hydrogens (tertiary/aromatic N) is 4. The smallest absolute Gasteiger partial charge is 0.407 e. The number of aromatic nitrogens is 4. The van der Waals surface area contributed by atoms with Crippen LogP contribution in [0.5, 0.6) is 5.75 Å². The van der Waals surface area contributed by atoms with Crippen molar-refractivity contribution in [3.8, 4) is 28.1 Å². The third-order valence-electron chi connectivity index (χ3n) is 14.4. The first kappa shape index (κ1) is 40.0. The van der Waals surface area contributed by atoms with Crippen LogP contribution in [0.25, 0.3) is 44.2 Å². The molecule has 5 aromatic rings. The van der Waals surface area contributed by atoms with Crippen molar-refractivity contribution in [2.45, 2.75) is 115 Å². The molecule has 15 heteroatoms. The number of alkyl carbamates (subject to hydrolysis) is 2. The molecule has 0 radical (unpaired) electrons. The van der Waals surface area contributed by atoms with Gasteiger partial charge in [0.05, 0.1) is 49.2 Å². The number of carbonyl (C=O) groups excluding carboxylic acids is 4. The molecule has 8 atom stereocenters. The Labute approximate surface area is 359 Å². The van der Waals surface area contributed by atoms with Gasteiger partial charge in [-0.3, -0.25) is 9.59 Å². The highest BCUT2D eigenvalue weighted by molar-refractivity contribution is 6.07. The third-order valence-corrected chi connectivity index (χ3v) is 14.4. The lowest BCUT2D eigenvalue weighted by Gasteiger charge is -2.49. The summed E-state index contributed by atoms with van der Waals surface area (Å²) in [6, 6.07) is 13.1. The van der Waals surface area contributed by atoms with Crippen LogP contribution in [0.3, 0.4) is 0 Å². The van der Waals surface area contributed by atoms with E-state index in [1.54, 1.807) is 0 Å². The predicted molar refractivity (Wildman–Crippen MR) is 231 cm³/mol. The highest BCUT2D eigenvalue weighted by Crippen LogP contribution is 2.50. The molecule has 2 aromatic heterocycles. The maximum Gasteiger partial charge on any atom is 0.407 e. The normalized spacial score (nSPS) is 25.8. The summed E-state index contributed by atoms with van der Waals surface area (Å²) in [5.41, 5.74) is 6.69. The zero-order valence-electron chi connectivity index (χ0n) is 35.8. The number of fused-ring (bicyclic) bond motifs is 9. The third kappa shape index (κ3) is 6.62. The lowest BCUT2D eigenvalue weighted by Crippen LogP contribution is -2.63. The molecule has 0 spiro atoms. The molecule has 4 aliphatic heterocycles. The predicted octanol–water partition coefficient (Wildman–Crippen LogP) is 7.67. The second-order valence-electron chi connectivity index (χ2n) is 18.2. The van der Waals surface area contributed by atoms with Gasteiger partial charge in [0.25, 0.3) is 0 Å². The first-order valence-electron chi connectivity index (χ1n) is 22.1. The standard InChI is InChI=1S/C47H54N8O7/c1-23(2)39(52-46(58)60-4)44(56)54-24(3)10-15-36(54)42-48-21-34(50-42)26-11-13-28-27(18-26)22-62-38-20-31-25(19-32(28)38)12-14-33-40(31)51-43(49-33)37-17-16-35-29-8-6-7-9-30(29)41(45(57)55(35)37)53-47(59)61-5/h11-14,18-21,23-24,29-30,35-37,39,41H,6-10,15-17,22H2,1-5H3,(H,48,50)(H,49,51)(H,52,58)(H,53,59)/t24-,29?,30?,35+,36-,37-,39-,41-/m0/s1. The molecule has 4 N–H and O–H groups in total. The van der Waals surface area contributed by atoms with Crippen LogP contribution >= 0.6 is 0 Å². The number of aromatic amines is 2. The van der Waals surface area contributed by atoms with Crippen LogP contribution in [0.4, 0.5) is 9.59 Å². The van der Waals surface area contributed by atoms with Gasteiger partial charge in [0, 0.05) is 23.0 Å². The van der Waals surface area contributed by atoms with Gasteiger partial charge < -0.3 is 44.6 Å². The molecule has 4 amide bonds. The van der Waals surface area contributed by atoms with Crippen molar-refractivity contribution >= 4 is 45.8 Å². The maximum absolute atomic E-state index is 14.2. The number of methoxy groups -OCH3 is 2. The number of rotatable bonds is 7. The number of hydrogen-bond acceptors (Lipinski definition) is 9. The number of piperidine rings is 1. The number of H-pyrrole nitrogens is 2. The van der Waals surface area contributed by atoms with E-state index in [0.29, 0.717) is 18.3 Å². The van der Waals surface area contributed by atoms with Crippen LogP contribution in [0.2, 0.25) is 0 Å². The number of likely N-dealkylation sites (tertiary alicyclic amines) is 1. The van der Waals surface area contributed by atoms with Crippen LogP contribution < -0.4 is 15.4 Å². The molecule has 324 valence electrons. The SMILES string of the molecule is COC(=O)N[C@H](C(=O)N1[C@@H](C)CC[C@H]1c1ncc(-c2ccc3c(c2)COc2cc4c(ccc5[nH]c([C@@H]6CC[C@@H]7C8CCCCC8[C@H](NC(=O)OC)C(=O)N76)nc54)cc2-3)[nH]1)C(C)C. The van der Waals surface area contributed by atoms with E-state index < -0.39 is 24.3 Å². The van der Waals surface area contributed by atoms with Crippen molar-refractivity contribution < 1.29 is 33.4 Å². The van der Waals surface area contributed by atoms with Crippen LogP contribution in [-0.2, 0) is 25.7 Å². The maximum atomic E-state index is 14.2. The summed E-state index contributed by atoms with van der Waals surface area (Å²) in [6.07, 6.45) is 8.13. The van der Waals surface area contributed by atoms with E-state index in [1.165, 1.54) is 14.2 Å². The number of benzene rings is 3. The molecule has 62 heavy (non-hydrogen) atoms. The Morgan fingerprint density at radius 2 is 1.66 bits per heavy atom. The molecule has 1 aliphatic carbocycles.